The van der Waals surface area contributed by atoms with E-state index in [2.05, 4.69) is 0 Å². The molecule has 1 aliphatic rings. The first-order chi connectivity index (χ1) is 8.11. The van der Waals surface area contributed by atoms with Crippen molar-refractivity contribution in [3.05, 3.63) is 0 Å². The van der Waals surface area contributed by atoms with Crippen molar-refractivity contribution < 1.29 is 18.3 Å². The van der Waals surface area contributed by atoms with Crippen molar-refractivity contribution in [2.24, 2.45) is 5.73 Å². The lowest BCUT2D eigenvalue weighted by Crippen LogP contribution is -2.50. The van der Waals surface area contributed by atoms with Crippen molar-refractivity contribution in [3.8, 4) is 0 Å². The van der Waals surface area contributed by atoms with Crippen LogP contribution < -0.4 is 5.73 Å². The van der Waals surface area contributed by atoms with Crippen molar-refractivity contribution in [2.75, 3.05) is 25.1 Å². The van der Waals surface area contributed by atoms with Gasteiger partial charge in [0.25, 0.3) is 0 Å². The van der Waals surface area contributed by atoms with Crippen LogP contribution in [0.2, 0.25) is 0 Å². The van der Waals surface area contributed by atoms with Gasteiger partial charge in [0.2, 0.25) is 5.91 Å². The first-order valence-electron chi connectivity index (χ1n) is 6.05. The zero-order valence-corrected chi connectivity index (χ0v) is 11.7. The maximum Gasteiger partial charge on any atom is 0.239 e. The van der Waals surface area contributed by atoms with Crippen LogP contribution in [0.3, 0.4) is 0 Å². The highest BCUT2D eigenvalue weighted by Crippen LogP contribution is 2.21. The van der Waals surface area contributed by atoms with Gasteiger partial charge in [-0.3, -0.25) is 4.79 Å². The van der Waals surface area contributed by atoms with E-state index in [4.69, 9.17) is 5.73 Å². The lowest BCUT2D eigenvalue weighted by atomic mass is 9.93. The topological polar surface area (TPSA) is 101 Å². The lowest BCUT2D eigenvalue weighted by Gasteiger charge is -2.36. The van der Waals surface area contributed by atoms with Gasteiger partial charge >= 0.3 is 0 Å². The summed E-state index contributed by atoms with van der Waals surface area (Å²) in [6.07, 6.45) is 2.32. The standard InChI is InChI=1S/C11H22N2O4S/c1-11(15)4-6-13(7-5-11)10(14)9(12)3-8-18(2,16)17/h9,15H,3-8,12H2,1-2H3. The molecule has 0 aromatic heterocycles. The number of nitrogens with zero attached hydrogens (tertiary/aromatic N) is 1. The Morgan fingerprint density at radius 2 is 1.94 bits per heavy atom. The van der Waals surface area contributed by atoms with E-state index in [-0.39, 0.29) is 18.1 Å². The van der Waals surface area contributed by atoms with Gasteiger partial charge in [-0.2, -0.15) is 0 Å². The first-order valence-corrected chi connectivity index (χ1v) is 8.11. The second-order valence-corrected chi connectivity index (χ2v) is 7.61. The summed E-state index contributed by atoms with van der Waals surface area (Å²) in [5.74, 6) is -0.306. The number of sulfone groups is 1. The zero-order chi connectivity index (χ0) is 14.0. The fourth-order valence-corrected chi connectivity index (χ4v) is 2.59. The molecule has 1 aliphatic heterocycles. The third-order valence-corrected chi connectivity index (χ3v) is 4.25. The van der Waals surface area contributed by atoms with Crippen LogP contribution in [-0.4, -0.2) is 61.1 Å². The molecule has 3 N–H and O–H groups in total. The molecule has 1 saturated heterocycles. The number of hydrogen-bond acceptors (Lipinski definition) is 5. The Balaban J connectivity index is 2.45. The van der Waals surface area contributed by atoms with Crippen LogP contribution in [0, 0.1) is 0 Å². The van der Waals surface area contributed by atoms with Gasteiger partial charge in [-0.25, -0.2) is 8.42 Å². The van der Waals surface area contributed by atoms with E-state index in [0.29, 0.717) is 25.9 Å². The Hall–Kier alpha value is -0.660. The summed E-state index contributed by atoms with van der Waals surface area (Å²) in [5.41, 5.74) is 4.99. The Kier molecular flexibility index (Phi) is 4.74. The maximum absolute atomic E-state index is 12.0. The van der Waals surface area contributed by atoms with Gasteiger partial charge in [0.15, 0.2) is 0 Å². The molecule has 1 rings (SSSR count). The summed E-state index contributed by atoms with van der Waals surface area (Å²) in [6, 6.07) is -0.775. The highest BCUT2D eigenvalue weighted by atomic mass is 32.2. The molecule has 1 heterocycles. The summed E-state index contributed by atoms with van der Waals surface area (Å²) >= 11 is 0. The number of piperidine rings is 1. The third-order valence-electron chi connectivity index (χ3n) is 3.27. The van der Waals surface area contributed by atoms with Crippen molar-refractivity contribution in [1.82, 2.24) is 4.90 Å². The summed E-state index contributed by atoms with van der Waals surface area (Å²) < 4.78 is 22.0. The molecule has 6 nitrogen and oxygen atoms in total. The summed E-state index contributed by atoms with van der Waals surface area (Å²) in [5, 5.41) is 9.77. The van der Waals surface area contributed by atoms with Crippen molar-refractivity contribution in [3.63, 3.8) is 0 Å². The van der Waals surface area contributed by atoms with Gasteiger partial charge in [-0.05, 0) is 26.2 Å². The molecule has 0 aromatic rings. The third kappa shape index (κ3) is 4.91. The summed E-state index contributed by atoms with van der Waals surface area (Å²) in [7, 11) is -3.09. The van der Waals surface area contributed by atoms with E-state index in [0.717, 1.165) is 6.26 Å². The predicted molar refractivity (Wildman–Crippen MR) is 68.7 cm³/mol. The van der Waals surface area contributed by atoms with Crippen LogP contribution >= 0.6 is 0 Å². The lowest BCUT2D eigenvalue weighted by molar-refractivity contribution is -0.136. The Bertz CT molecular complexity index is 395. The average molecular weight is 278 g/mol. The van der Waals surface area contributed by atoms with Gasteiger partial charge in [-0.1, -0.05) is 0 Å². The zero-order valence-electron chi connectivity index (χ0n) is 10.9. The predicted octanol–water partition coefficient (Wildman–Crippen LogP) is -0.878. The molecule has 1 unspecified atom stereocenters. The van der Waals surface area contributed by atoms with Crippen LogP contribution in [0.1, 0.15) is 26.2 Å². The molecule has 0 aliphatic carbocycles. The highest BCUT2D eigenvalue weighted by Gasteiger charge is 2.31. The smallest absolute Gasteiger partial charge is 0.239 e. The Labute approximate surface area is 108 Å². The monoisotopic (exact) mass is 278 g/mol. The molecule has 7 heteroatoms. The maximum atomic E-state index is 12.0. The van der Waals surface area contributed by atoms with Crippen molar-refractivity contribution in [1.29, 1.82) is 0 Å². The second kappa shape index (κ2) is 5.54. The van der Waals surface area contributed by atoms with Gasteiger partial charge in [0.05, 0.1) is 17.4 Å². The molecule has 0 saturated carbocycles. The van der Waals surface area contributed by atoms with Crippen LogP contribution in [0.5, 0.6) is 0 Å². The number of carbonyl (C=O) groups is 1. The van der Waals surface area contributed by atoms with Crippen molar-refractivity contribution >= 4 is 15.7 Å². The molecule has 106 valence electrons. The largest absolute Gasteiger partial charge is 0.390 e. The van der Waals surface area contributed by atoms with E-state index >= 15 is 0 Å². The SMILES string of the molecule is CC1(O)CCN(C(=O)C(N)CCS(C)(=O)=O)CC1. The fraction of sp³-hybridized carbons (Fsp3) is 0.909. The molecule has 18 heavy (non-hydrogen) atoms. The molecule has 0 aromatic carbocycles. The van der Waals surface area contributed by atoms with Gasteiger partial charge < -0.3 is 15.7 Å². The molecule has 0 spiro atoms. The van der Waals surface area contributed by atoms with Crippen molar-refractivity contribution in [2.45, 2.75) is 37.8 Å². The number of nitrogens with two attached hydrogens (primary N) is 1. The van der Waals surface area contributed by atoms with Crippen LogP contribution in [0.4, 0.5) is 0 Å². The van der Waals surface area contributed by atoms with E-state index in [9.17, 15) is 18.3 Å². The molecule has 1 amide bonds. The fourth-order valence-electron chi connectivity index (χ4n) is 1.91. The minimum absolute atomic E-state index is 0.0779. The molecular weight excluding hydrogens is 256 g/mol. The Morgan fingerprint density at radius 1 is 1.44 bits per heavy atom. The highest BCUT2D eigenvalue weighted by molar-refractivity contribution is 7.90. The second-order valence-electron chi connectivity index (χ2n) is 5.35. The number of amides is 1. The first kappa shape index (κ1) is 15.4. The van der Waals surface area contributed by atoms with E-state index < -0.39 is 21.5 Å². The van der Waals surface area contributed by atoms with E-state index in [1.165, 1.54) is 0 Å². The number of hydrogen-bond donors (Lipinski definition) is 2. The Morgan fingerprint density at radius 3 is 2.39 bits per heavy atom. The van der Waals surface area contributed by atoms with Crippen LogP contribution in [-0.2, 0) is 14.6 Å². The van der Waals surface area contributed by atoms with Crippen LogP contribution in [0.15, 0.2) is 0 Å². The van der Waals surface area contributed by atoms with E-state index in [1.54, 1.807) is 11.8 Å². The number of carbonyl (C=O) groups excluding carboxylic acids is 1. The summed E-state index contributed by atoms with van der Waals surface area (Å²) in [6.45, 7) is 2.69. The van der Waals surface area contributed by atoms with Gasteiger partial charge in [0.1, 0.15) is 9.84 Å². The normalized spacial score (nSPS) is 21.7. The molecule has 0 bridgehead atoms. The molecule has 0 radical (unpaired) electrons. The van der Waals surface area contributed by atoms with E-state index in [1.807, 2.05) is 0 Å². The number of aliphatic hydroxyl groups is 1. The summed E-state index contributed by atoms with van der Waals surface area (Å²) in [4.78, 5) is 13.6. The van der Waals surface area contributed by atoms with Gasteiger partial charge in [-0.15, -0.1) is 0 Å². The minimum atomic E-state index is -3.09. The number of likely N-dealkylation sites (tertiary alicyclic amines) is 1. The quantitative estimate of drug-likeness (QED) is 0.695. The van der Waals surface area contributed by atoms with Gasteiger partial charge in [0, 0.05) is 19.3 Å². The average Bonchev–Trinajstić information content (AvgIpc) is 2.24. The molecular formula is C11H22N2O4S. The minimum Gasteiger partial charge on any atom is -0.390 e. The van der Waals surface area contributed by atoms with Crippen LogP contribution in [0.25, 0.3) is 0 Å². The molecule has 1 atom stereocenters. The number of rotatable bonds is 4. The molecule has 1 fully saturated rings.